The largest absolute Gasteiger partial charge is 0.310 e. The third-order valence-corrected chi connectivity index (χ3v) is 21.2. The van der Waals surface area contributed by atoms with E-state index in [1.165, 1.54) is 49.4 Å². The maximum Gasteiger partial charge on any atom is 0.252 e. The highest BCUT2D eigenvalue weighted by Crippen LogP contribution is 2.56. The number of rotatable bonds is 11. The van der Waals surface area contributed by atoms with E-state index >= 15 is 0 Å². The molecule has 1 aromatic heterocycles. The zero-order chi connectivity index (χ0) is 68.8. The fourth-order valence-corrected chi connectivity index (χ4v) is 16.3. The molecule has 0 radical (unpaired) electrons. The lowest BCUT2D eigenvalue weighted by atomic mass is 9.33. The summed E-state index contributed by atoms with van der Waals surface area (Å²) in [6, 6.07) is 133. The van der Waals surface area contributed by atoms with Crippen LogP contribution in [-0.2, 0) is 10.8 Å². The van der Waals surface area contributed by atoms with Gasteiger partial charge >= 0.3 is 0 Å². The number of hydrogen-bond acceptors (Lipinski definition) is 2. The molecule has 0 amide bonds. The van der Waals surface area contributed by atoms with Crippen LogP contribution in [0.25, 0.3) is 117 Å². The summed E-state index contributed by atoms with van der Waals surface area (Å²) in [6.45, 7) is 13.9. The maximum absolute atomic E-state index is 2.72. The molecule has 0 saturated heterocycles. The van der Waals surface area contributed by atoms with Crippen molar-refractivity contribution in [2.75, 3.05) is 9.80 Å². The summed E-state index contributed by atoms with van der Waals surface area (Å²) in [5.74, 6) is 0. The minimum Gasteiger partial charge on any atom is -0.310 e. The lowest BCUT2D eigenvalue weighted by Gasteiger charge is -2.46. The minimum atomic E-state index is -0.253. The highest BCUT2D eigenvalue weighted by molar-refractivity contribution is 7.00. The van der Waals surface area contributed by atoms with Crippen LogP contribution >= 0.6 is 0 Å². The number of hydrogen-bond donors (Lipinski definition) is 0. The van der Waals surface area contributed by atoms with Gasteiger partial charge in [0.15, 0.2) is 0 Å². The second kappa shape index (κ2) is 24.9. The fourth-order valence-electron chi connectivity index (χ4n) is 16.3. The summed E-state index contributed by atoms with van der Waals surface area (Å²) in [4.78, 5) is 5.42. The van der Waals surface area contributed by atoms with Gasteiger partial charge in [-0.3, -0.25) is 0 Å². The Kier molecular flexibility index (Phi) is 15.1. The first-order valence-corrected chi connectivity index (χ1v) is 35.8. The highest BCUT2D eigenvalue weighted by atomic mass is 15.2. The van der Waals surface area contributed by atoms with Gasteiger partial charge in [-0.05, 0) is 166 Å². The summed E-state index contributed by atoms with van der Waals surface area (Å²) in [5.41, 5.74) is 34.4. The Hall–Kier alpha value is -12.2. The third-order valence-electron chi connectivity index (χ3n) is 21.2. The van der Waals surface area contributed by atoms with Crippen LogP contribution < -0.4 is 26.2 Å². The van der Waals surface area contributed by atoms with Crippen molar-refractivity contribution < 1.29 is 0 Å². The van der Waals surface area contributed by atoms with Gasteiger partial charge < -0.3 is 14.4 Å². The van der Waals surface area contributed by atoms with E-state index in [1.54, 1.807) is 0 Å². The molecule has 3 heterocycles. The molecule has 18 rings (SSSR count). The number of anilines is 6. The van der Waals surface area contributed by atoms with Crippen molar-refractivity contribution in [3.63, 3.8) is 0 Å². The maximum atomic E-state index is 2.72. The van der Waals surface area contributed by atoms with E-state index in [9.17, 15) is 0 Å². The van der Waals surface area contributed by atoms with E-state index in [0.717, 1.165) is 129 Å². The average Bonchev–Trinajstić information content (AvgIpc) is 0.787. The number of fused-ring (bicyclic) bond motifs is 7. The molecule has 0 N–H and O–H groups in total. The number of aromatic nitrogens is 1. The molecule has 0 fully saturated rings. The van der Waals surface area contributed by atoms with Gasteiger partial charge in [-0.25, -0.2) is 0 Å². The molecule has 0 unspecified atom stereocenters. The van der Waals surface area contributed by atoms with Crippen LogP contribution in [-0.4, -0.2) is 11.3 Å². The van der Waals surface area contributed by atoms with Crippen molar-refractivity contribution in [2.24, 2.45) is 0 Å². The smallest absolute Gasteiger partial charge is 0.252 e. The van der Waals surface area contributed by atoms with Crippen LogP contribution in [0.3, 0.4) is 0 Å². The van der Waals surface area contributed by atoms with E-state index in [-0.39, 0.29) is 17.5 Å². The molecule has 15 aromatic carbocycles. The van der Waals surface area contributed by atoms with Crippen LogP contribution in [0.5, 0.6) is 0 Å². The third kappa shape index (κ3) is 10.7. The summed E-state index contributed by atoms with van der Waals surface area (Å²) < 4.78 is 2.55. The van der Waals surface area contributed by atoms with Crippen molar-refractivity contribution in [1.29, 1.82) is 0 Å². The Balaban J connectivity index is 1.06. The lowest BCUT2D eigenvalue weighted by molar-refractivity contribution is 0.570. The molecule has 16 aromatic rings. The number of para-hydroxylation sites is 2. The Morgan fingerprint density at radius 2 is 0.588 bits per heavy atom. The van der Waals surface area contributed by atoms with Crippen LogP contribution in [0.4, 0.5) is 34.1 Å². The molecular formula is C98H76BN3. The Morgan fingerprint density at radius 3 is 0.971 bits per heavy atom. The number of benzene rings is 15. The molecule has 2 aliphatic rings. The molecule has 0 atom stereocenters. The molecule has 3 nitrogen and oxygen atoms in total. The molecule has 4 heteroatoms. The van der Waals surface area contributed by atoms with E-state index in [2.05, 4.69) is 408 Å². The first-order chi connectivity index (χ1) is 49.9. The van der Waals surface area contributed by atoms with Gasteiger partial charge in [0, 0.05) is 55.8 Å². The van der Waals surface area contributed by atoms with E-state index in [1.807, 2.05) is 0 Å². The quantitative estimate of drug-likeness (QED) is 0.120. The Labute approximate surface area is 599 Å². The molecule has 0 saturated carbocycles. The molecule has 102 heavy (non-hydrogen) atoms. The van der Waals surface area contributed by atoms with E-state index in [4.69, 9.17) is 0 Å². The van der Waals surface area contributed by atoms with Crippen molar-refractivity contribution in [3.05, 3.63) is 363 Å². The molecule has 2 aliphatic heterocycles. The van der Waals surface area contributed by atoms with Crippen LogP contribution in [0.1, 0.15) is 52.7 Å². The predicted octanol–water partition coefficient (Wildman–Crippen LogP) is 24.8. The van der Waals surface area contributed by atoms with Gasteiger partial charge in [-0.1, -0.05) is 333 Å². The molecule has 0 aliphatic carbocycles. The zero-order valence-electron chi connectivity index (χ0n) is 58.4. The lowest BCUT2D eigenvalue weighted by Crippen LogP contribution is -2.61. The van der Waals surface area contributed by atoms with Crippen molar-refractivity contribution in [2.45, 2.75) is 52.4 Å². The normalized spacial score (nSPS) is 12.5. The standard InChI is InChI=1S/C98H76BN3/c1-97(2,3)76-52-53-78(85(62-76)98(4,5)6)73-51-55-87-91(61-73)102(96-83(70-42-24-12-25-43-70)58-75(67-36-18-9-19-37-67)59-84(96)71-44-26-13-27-45-71)93-64-77(100-88-48-30-28-46-79(88)80-47-29-31-49-89(80)100)63-92-94(93)99(87)86-54-50-72(65-32-14-7-15-33-65)60-90(86)101(92)95-81(68-38-20-10-21-39-68)56-74(66-34-16-8-17-35-66)57-82(95)69-40-22-11-23-41-69/h7-64H,1-6H3. The highest BCUT2D eigenvalue weighted by Gasteiger charge is 2.46. The molecule has 0 spiro atoms. The minimum absolute atomic E-state index is 0.0510. The fraction of sp³-hybridized carbons (Fsp3) is 0.0816. The first-order valence-electron chi connectivity index (χ1n) is 35.8. The predicted molar refractivity (Wildman–Crippen MR) is 436 cm³/mol. The summed E-state index contributed by atoms with van der Waals surface area (Å²) in [5, 5.41) is 2.41. The second-order valence-electron chi connectivity index (χ2n) is 29.6. The van der Waals surface area contributed by atoms with E-state index in [0.29, 0.717) is 0 Å². The van der Waals surface area contributed by atoms with E-state index < -0.39 is 0 Å². The first kappa shape index (κ1) is 62.0. The monoisotopic (exact) mass is 1310 g/mol. The van der Waals surface area contributed by atoms with Gasteiger partial charge in [0.05, 0.1) is 28.1 Å². The van der Waals surface area contributed by atoms with Gasteiger partial charge in [-0.2, -0.15) is 0 Å². The van der Waals surface area contributed by atoms with Crippen molar-refractivity contribution in [1.82, 2.24) is 4.57 Å². The zero-order valence-corrected chi connectivity index (χ0v) is 58.4. The average molecular weight is 1310 g/mol. The SMILES string of the molecule is CC(C)(C)c1ccc(-c2ccc3c(c2)N(c2c(-c4ccccc4)cc(-c4ccccc4)cc2-c2ccccc2)c2cc(-n4c5ccccc5c5ccccc54)cc4c2B3c2ccc(-c3ccccc3)cc2N4c2c(-c3ccccc3)cc(-c3ccccc3)cc2-c2ccccc2)c(C(C)(C)C)c1. The summed E-state index contributed by atoms with van der Waals surface area (Å²) >= 11 is 0. The molecular weight excluding hydrogens is 1230 g/mol. The van der Waals surface area contributed by atoms with Gasteiger partial charge in [0.25, 0.3) is 6.71 Å². The Morgan fingerprint density at radius 1 is 0.245 bits per heavy atom. The van der Waals surface area contributed by atoms with Crippen molar-refractivity contribution in [3.8, 4) is 94.7 Å². The van der Waals surface area contributed by atoms with Crippen LogP contribution in [0.15, 0.2) is 352 Å². The summed E-state index contributed by atoms with van der Waals surface area (Å²) in [6.07, 6.45) is 0. The molecule has 0 bridgehead atoms. The van der Waals surface area contributed by atoms with Crippen LogP contribution in [0.2, 0.25) is 0 Å². The number of nitrogens with zero attached hydrogens (tertiary/aromatic N) is 3. The topological polar surface area (TPSA) is 11.4 Å². The molecule has 486 valence electrons. The van der Waals surface area contributed by atoms with Gasteiger partial charge in [0.1, 0.15) is 0 Å². The van der Waals surface area contributed by atoms with Crippen LogP contribution in [0, 0.1) is 0 Å². The van der Waals surface area contributed by atoms with Gasteiger partial charge in [-0.15, -0.1) is 0 Å². The Bertz CT molecular complexity index is 5700. The summed E-state index contributed by atoms with van der Waals surface area (Å²) in [7, 11) is 0. The van der Waals surface area contributed by atoms with Crippen molar-refractivity contribution >= 4 is 79.0 Å². The second-order valence-corrected chi connectivity index (χ2v) is 29.6. The van der Waals surface area contributed by atoms with Gasteiger partial charge in [0.2, 0.25) is 0 Å².